The zero-order chi connectivity index (χ0) is 77.7. The average Bonchev–Trinajstić information content (AvgIpc) is 1.11. The standard InChI is InChI=1S/C10H12.C9H10.2C8H14.6C7H12.C7H14.2C6H10.C6H12.C5H10.C4H8.C3H6/c1-2-6-10-8-4-3-7-9(10)5-1;1-2-5-9-7-3-6-8(9)4-1;1-2-5-8(4-1)6-3-7-8;1-2-4-8(5-3-1)6-7-8;1-3-7(4-1)5-2-6-7;1-2-7-4-3-6(1)5-7;1-2-6-4-7(3-1)5-6;1-2-6-4-5-7(6)3-1;1-2-4-7(3-1)5-6-7;1-2-4-7-5-6(7)3-1;1-2-4-6-7-5-3-1;1-2-6-3-5(1)4-6;1-2-5-4-6(5)3-1;1-2-4-6-5-3-1;1-2-4-5-3-1;1-2-4-3-1;1-2-3-1/h1-2,5-6H,3-4,7-8H2;1-2,4-5H,3,6-7H2;2*1-7H2;1-6H2;3*6-7H,1-5H2;1-6H2;6-7H,1-5H2;1-7H2;2*5-6H,1-4H2;1-6H2;1-5H2;1-4H2;1-3H2. The molecule has 4 spiro atoms. The molecule has 31 rings (SSSR count). The van der Waals surface area contributed by atoms with Gasteiger partial charge in [-0.15, -0.1) is 0 Å². The van der Waals surface area contributed by atoms with Crippen molar-refractivity contribution in [1.29, 1.82) is 0 Å². The summed E-state index contributed by atoms with van der Waals surface area (Å²) in [5, 5.41) is 0. The lowest BCUT2D eigenvalue weighted by atomic mass is 9.56. The minimum Gasteiger partial charge on any atom is -0.0620 e. The number of benzene rings is 2. The van der Waals surface area contributed by atoms with Crippen LogP contribution in [0.3, 0.4) is 0 Å². The minimum absolute atomic E-state index is 0.917. The summed E-state index contributed by atoms with van der Waals surface area (Å²) in [6.45, 7) is 0. The van der Waals surface area contributed by atoms with E-state index in [1.54, 1.807) is 273 Å². The second-order valence-electron chi connectivity index (χ2n) is 45.8. The maximum absolute atomic E-state index is 2.26. The predicted molar refractivity (Wildman–Crippen MR) is 498 cm³/mol. The molecule has 6 atom stereocenters. The number of hydrogen-bond acceptors (Lipinski definition) is 0. The first-order chi connectivity index (χ1) is 56.3. The van der Waals surface area contributed by atoms with Crippen LogP contribution >= 0.6 is 0 Å². The maximum Gasteiger partial charge on any atom is -0.0273 e. The summed E-state index contributed by atoms with van der Waals surface area (Å²) < 4.78 is 0. The molecule has 27 fully saturated rings. The van der Waals surface area contributed by atoms with Gasteiger partial charge >= 0.3 is 0 Å². The molecular weight excluding hydrogens is 1370 g/mol. The van der Waals surface area contributed by atoms with E-state index < -0.39 is 0 Å². The lowest BCUT2D eigenvalue weighted by Crippen LogP contribution is -2.35. The van der Waals surface area contributed by atoms with Gasteiger partial charge < -0.3 is 0 Å². The summed E-state index contributed by atoms with van der Waals surface area (Å²) in [6, 6.07) is 17.5. The molecule has 114 heavy (non-hydrogen) atoms. The lowest BCUT2D eigenvalue weighted by molar-refractivity contribution is 0.0314. The molecule has 29 aliphatic rings. The van der Waals surface area contributed by atoms with Crippen LogP contribution < -0.4 is 0 Å². The van der Waals surface area contributed by atoms with Gasteiger partial charge in [0.2, 0.25) is 0 Å². The maximum atomic E-state index is 2.26. The zero-order valence-corrected chi connectivity index (χ0v) is 76.4. The van der Waals surface area contributed by atoms with Gasteiger partial charge in [-0.05, 0) is 320 Å². The van der Waals surface area contributed by atoms with Crippen molar-refractivity contribution in [2.75, 3.05) is 0 Å². The molecule has 27 saturated carbocycles. The van der Waals surface area contributed by atoms with Crippen LogP contribution in [0, 0.1) is 92.7 Å². The molecule has 29 aliphatic carbocycles. The Kier molecular flexibility index (Phi) is 39.8. The number of aryl methyl sites for hydroxylation is 4. The molecule has 6 bridgehead atoms. The van der Waals surface area contributed by atoms with E-state index in [2.05, 4.69) is 48.5 Å². The third-order valence-electron chi connectivity index (χ3n) is 36.4. The highest BCUT2D eigenvalue weighted by Crippen LogP contribution is 2.59. The van der Waals surface area contributed by atoms with Crippen LogP contribution in [0.4, 0.5) is 0 Å². The molecule has 0 amide bonds. The van der Waals surface area contributed by atoms with Gasteiger partial charge in [0.05, 0.1) is 0 Å². The number of fused-ring (bicyclic) bond motifs is 10. The van der Waals surface area contributed by atoms with Gasteiger partial charge in [0, 0.05) is 0 Å². The van der Waals surface area contributed by atoms with E-state index >= 15 is 0 Å². The Morgan fingerprint density at radius 2 is 0.351 bits per heavy atom. The first-order valence-corrected chi connectivity index (χ1v) is 54.5. The average molecular weight is 1560 g/mol. The third-order valence-corrected chi connectivity index (χ3v) is 36.4. The van der Waals surface area contributed by atoms with Crippen molar-refractivity contribution in [3.8, 4) is 0 Å². The van der Waals surface area contributed by atoms with Crippen LogP contribution in [0.2, 0.25) is 0 Å². The van der Waals surface area contributed by atoms with Crippen LogP contribution in [0.1, 0.15) is 549 Å². The van der Waals surface area contributed by atoms with Gasteiger partial charge in [0.25, 0.3) is 0 Å². The molecule has 0 saturated heterocycles. The van der Waals surface area contributed by atoms with E-state index in [1.807, 2.05) is 0 Å². The third kappa shape index (κ3) is 33.3. The van der Waals surface area contributed by atoms with Gasteiger partial charge in [0.15, 0.2) is 0 Å². The summed E-state index contributed by atoms with van der Waals surface area (Å²) in [6.07, 6.45) is 131. The highest BCUT2D eigenvalue weighted by Gasteiger charge is 2.46. The molecule has 0 aliphatic heterocycles. The normalized spacial score (nSPS) is 34.0. The van der Waals surface area contributed by atoms with Gasteiger partial charge in [-0.1, -0.05) is 395 Å². The van der Waals surface area contributed by atoms with Crippen molar-refractivity contribution in [2.45, 2.75) is 552 Å². The van der Waals surface area contributed by atoms with Gasteiger partial charge in [0.1, 0.15) is 0 Å². The molecule has 0 nitrogen and oxygen atoms in total. The molecule has 0 heterocycles. The zero-order valence-electron chi connectivity index (χ0n) is 76.4. The Bertz CT molecular complexity index is 2570. The lowest BCUT2D eigenvalue weighted by Gasteiger charge is -2.49. The van der Waals surface area contributed by atoms with Crippen molar-refractivity contribution in [2.24, 2.45) is 92.7 Å². The Morgan fingerprint density at radius 1 is 0.140 bits per heavy atom. The number of hydrogen-bond donors (Lipinski definition) is 0. The van der Waals surface area contributed by atoms with Crippen LogP contribution in [-0.2, 0) is 25.7 Å². The van der Waals surface area contributed by atoms with E-state index in [4.69, 9.17) is 0 Å². The first kappa shape index (κ1) is 90.2. The van der Waals surface area contributed by atoms with E-state index in [1.165, 1.54) is 373 Å². The minimum atomic E-state index is 0.917. The predicted octanol–water partition coefficient (Wildman–Crippen LogP) is 37.0. The van der Waals surface area contributed by atoms with Crippen molar-refractivity contribution in [1.82, 2.24) is 0 Å². The Balaban J connectivity index is 0.000000106. The van der Waals surface area contributed by atoms with E-state index in [9.17, 15) is 0 Å². The molecule has 648 valence electrons. The second-order valence-corrected chi connectivity index (χ2v) is 45.8. The van der Waals surface area contributed by atoms with Crippen molar-refractivity contribution >= 4 is 0 Å². The largest absolute Gasteiger partial charge is 0.0620 e. The SMILES string of the molecule is C1CC1.C1CC2(C1)CCC2.C1CC2CC(C1)C2.C1CC2CC1C2.C1CC2CC2C1.C1CC2CCC1C2.C1CC2CCC2C1.C1CCC1.C1CCC2(C1)CC2.C1CCC2(C1)CCC2.C1CCC2(CC1)CC2.C1CCC2CC2C1.C1CCCC1.C1CCCCC1.C1CCCCCC1.c1ccc2c(c1)CCC2.c1ccc2c(c1)CCCC2. The Morgan fingerprint density at radius 3 is 0.535 bits per heavy atom. The fraction of sp³-hybridized carbons (Fsp3) is 0.895. The summed E-state index contributed by atoms with van der Waals surface area (Å²) >= 11 is 0. The second kappa shape index (κ2) is 50.3. The van der Waals surface area contributed by atoms with Crippen molar-refractivity contribution in [3.05, 3.63) is 70.8 Å². The monoisotopic (exact) mass is 1560 g/mol. The van der Waals surface area contributed by atoms with Gasteiger partial charge in [-0.25, -0.2) is 0 Å². The summed E-state index contributed by atoms with van der Waals surface area (Å²) in [5.74, 6) is 14.3. The number of rotatable bonds is 0. The van der Waals surface area contributed by atoms with Gasteiger partial charge in [-0.2, -0.15) is 0 Å². The summed E-state index contributed by atoms with van der Waals surface area (Å²) in [7, 11) is 0. The van der Waals surface area contributed by atoms with Crippen LogP contribution in [0.15, 0.2) is 48.5 Å². The molecule has 2 aromatic carbocycles. The molecule has 0 aromatic heterocycles. The van der Waals surface area contributed by atoms with Crippen LogP contribution in [0.25, 0.3) is 0 Å². The Hall–Kier alpha value is -1.56. The smallest absolute Gasteiger partial charge is 0.0273 e. The highest BCUT2D eigenvalue weighted by molar-refractivity contribution is 5.31. The molecule has 6 unspecified atom stereocenters. The molecule has 0 radical (unpaired) electrons. The molecule has 0 heteroatoms. The van der Waals surface area contributed by atoms with Gasteiger partial charge in [-0.3, -0.25) is 0 Å². The highest BCUT2D eigenvalue weighted by atomic mass is 14.5. The fourth-order valence-corrected chi connectivity index (χ4v) is 26.1. The van der Waals surface area contributed by atoms with Crippen molar-refractivity contribution in [3.63, 3.8) is 0 Å². The van der Waals surface area contributed by atoms with E-state index in [0.29, 0.717) is 0 Å². The summed E-state index contributed by atoms with van der Waals surface area (Å²) in [4.78, 5) is 0. The summed E-state index contributed by atoms with van der Waals surface area (Å²) in [5.41, 5.74) is 10.0. The van der Waals surface area contributed by atoms with E-state index in [0.717, 1.165) is 21.7 Å². The molecular formula is C114H192. The fourth-order valence-electron chi connectivity index (χ4n) is 26.1. The van der Waals surface area contributed by atoms with E-state index in [-0.39, 0.29) is 0 Å². The molecule has 0 N–H and O–H groups in total. The van der Waals surface area contributed by atoms with Crippen LogP contribution in [-0.4, -0.2) is 0 Å². The Labute approximate surface area is 711 Å². The van der Waals surface area contributed by atoms with Crippen molar-refractivity contribution < 1.29 is 0 Å². The first-order valence-electron chi connectivity index (χ1n) is 54.5. The topological polar surface area (TPSA) is 0 Å². The quantitative estimate of drug-likeness (QED) is 0.231. The molecule has 2 aromatic rings. The van der Waals surface area contributed by atoms with Crippen LogP contribution in [0.5, 0.6) is 0 Å².